The van der Waals surface area contributed by atoms with Crippen LogP contribution in [0.3, 0.4) is 0 Å². The van der Waals surface area contributed by atoms with E-state index in [4.69, 9.17) is 41.3 Å². The molecule has 1 aromatic carbocycles. The molecular weight excluding hydrogens is 664 g/mol. The summed E-state index contributed by atoms with van der Waals surface area (Å²) in [5.74, 6) is 1.81. The molecule has 2 aliphatic heterocycles. The predicted molar refractivity (Wildman–Crippen MR) is 189 cm³/mol. The van der Waals surface area contributed by atoms with Crippen molar-refractivity contribution in [3.63, 3.8) is 0 Å². The highest BCUT2D eigenvalue weighted by molar-refractivity contribution is 6.36. The maximum atomic E-state index is 14.1. The fourth-order valence-electron chi connectivity index (χ4n) is 7.35. The minimum absolute atomic E-state index is 0.0752. The largest absolute Gasteiger partial charge is 0.491 e. The molecule has 4 fully saturated rings. The van der Waals surface area contributed by atoms with Crippen LogP contribution in [0, 0.1) is 17.3 Å². The second-order valence-corrected chi connectivity index (χ2v) is 15.8. The van der Waals surface area contributed by atoms with Crippen molar-refractivity contribution in [2.24, 2.45) is 23.0 Å². The zero-order chi connectivity index (χ0) is 35.7. The molecule has 13 nitrogen and oxygen atoms in total. The van der Waals surface area contributed by atoms with Gasteiger partial charge in [-0.2, -0.15) is 0 Å². The molecule has 1 aromatic heterocycles. The Balaban J connectivity index is 1.19. The number of halogens is 1. The lowest BCUT2D eigenvalue weighted by Gasteiger charge is -2.35. The average molecular weight is 715 g/mol. The molecule has 3 heterocycles. The Labute approximate surface area is 298 Å². The van der Waals surface area contributed by atoms with Crippen LogP contribution in [-0.4, -0.2) is 109 Å². The van der Waals surface area contributed by atoms with E-state index in [0.717, 1.165) is 32.5 Å². The number of amides is 3. The van der Waals surface area contributed by atoms with Crippen molar-refractivity contribution in [1.82, 2.24) is 20.1 Å². The standard InChI is InChI=1S/C36H51ClN6O7/c1-20(2)39-29-18-28(25-6-7-27(30(37)31(25)40-29)48-13-10-42-8-11-47-12-9-42)49-24-17-26(33(38)44)43(19-24)34(45)32(36(3,4)5)41-35(46)50-23-15-21-14-22(21)16-23/h6-7,18,20-24,26,32H,8-17,19H2,1-5H3,(H2,38,44)(H,39,40)(H,41,46)/t21-,22+,23+,24-,26+,32-/m1/s1. The Kier molecular flexibility index (Phi) is 10.9. The molecule has 0 spiro atoms. The van der Waals surface area contributed by atoms with Crippen molar-refractivity contribution in [1.29, 1.82) is 0 Å². The number of rotatable bonds is 12. The van der Waals surface area contributed by atoms with Crippen LogP contribution < -0.4 is 25.8 Å². The molecule has 14 heteroatoms. The third kappa shape index (κ3) is 8.48. The van der Waals surface area contributed by atoms with E-state index < -0.39 is 41.5 Å². The minimum Gasteiger partial charge on any atom is -0.491 e. The Bertz CT molecular complexity index is 1570. The number of anilines is 1. The lowest BCUT2D eigenvalue weighted by molar-refractivity contribution is -0.141. The Morgan fingerprint density at radius 3 is 2.44 bits per heavy atom. The molecule has 2 saturated heterocycles. The van der Waals surface area contributed by atoms with Gasteiger partial charge in [-0.25, -0.2) is 9.78 Å². The van der Waals surface area contributed by atoms with Gasteiger partial charge in [0.25, 0.3) is 0 Å². The zero-order valence-electron chi connectivity index (χ0n) is 29.7. The summed E-state index contributed by atoms with van der Waals surface area (Å²) in [5, 5.41) is 7.16. The molecule has 4 aliphatic rings. The fourth-order valence-corrected chi connectivity index (χ4v) is 7.61. The van der Waals surface area contributed by atoms with Crippen LogP contribution in [0.2, 0.25) is 5.02 Å². The van der Waals surface area contributed by atoms with Crippen molar-refractivity contribution < 1.29 is 33.3 Å². The first-order valence-electron chi connectivity index (χ1n) is 17.8. The summed E-state index contributed by atoms with van der Waals surface area (Å²) in [6, 6.07) is 3.66. The highest BCUT2D eigenvalue weighted by Gasteiger charge is 2.48. The molecule has 274 valence electrons. The number of carbonyl (C=O) groups is 3. The number of aromatic nitrogens is 1. The summed E-state index contributed by atoms with van der Waals surface area (Å²) in [6.07, 6.45) is 1.80. The van der Waals surface area contributed by atoms with Gasteiger partial charge < -0.3 is 40.2 Å². The smallest absolute Gasteiger partial charge is 0.408 e. The number of primary amides is 1. The summed E-state index contributed by atoms with van der Waals surface area (Å²) >= 11 is 6.91. The number of nitrogens with one attached hydrogen (secondary N) is 2. The number of pyridine rings is 1. The van der Waals surface area contributed by atoms with E-state index in [2.05, 4.69) is 15.5 Å². The number of likely N-dealkylation sites (tertiary alicyclic amines) is 1. The normalized spacial score (nSPS) is 25.7. The van der Waals surface area contributed by atoms with Crippen molar-refractivity contribution in [2.75, 3.05) is 51.3 Å². The first-order chi connectivity index (χ1) is 23.8. The summed E-state index contributed by atoms with van der Waals surface area (Å²) in [7, 11) is 0. The van der Waals surface area contributed by atoms with Crippen LogP contribution in [0.1, 0.15) is 60.3 Å². The Hall–Kier alpha value is -3.55. The number of nitrogens with two attached hydrogens (primary N) is 1. The van der Waals surface area contributed by atoms with Crippen molar-refractivity contribution in [3.8, 4) is 11.5 Å². The number of ether oxygens (including phenoxy) is 4. The quantitative estimate of drug-likeness (QED) is 0.291. The summed E-state index contributed by atoms with van der Waals surface area (Å²) in [5.41, 5.74) is 5.68. The van der Waals surface area contributed by atoms with Crippen molar-refractivity contribution in [2.45, 2.75) is 90.6 Å². The van der Waals surface area contributed by atoms with Gasteiger partial charge in [0.05, 0.1) is 25.3 Å². The number of carbonyl (C=O) groups excluding carboxylic acids is 3. The second-order valence-electron chi connectivity index (χ2n) is 15.5. The summed E-state index contributed by atoms with van der Waals surface area (Å²) in [4.78, 5) is 48.3. The van der Waals surface area contributed by atoms with Gasteiger partial charge in [-0.3, -0.25) is 14.5 Å². The highest BCUT2D eigenvalue weighted by atomic mass is 35.5. The number of morpholine rings is 1. The lowest BCUT2D eigenvalue weighted by Crippen LogP contribution is -2.57. The van der Waals surface area contributed by atoms with Crippen LogP contribution in [0.5, 0.6) is 11.5 Å². The minimum atomic E-state index is -0.949. The van der Waals surface area contributed by atoms with E-state index in [1.807, 2.05) is 40.7 Å². The van der Waals surface area contributed by atoms with Crippen molar-refractivity contribution in [3.05, 3.63) is 23.2 Å². The monoisotopic (exact) mass is 714 g/mol. The maximum Gasteiger partial charge on any atom is 0.408 e. The molecule has 2 aliphatic carbocycles. The number of benzene rings is 1. The van der Waals surface area contributed by atoms with Crippen LogP contribution in [-0.2, 0) is 19.1 Å². The van der Waals surface area contributed by atoms with Gasteiger partial charge in [-0.05, 0) is 62.5 Å². The molecule has 2 saturated carbocycles. The molecule has 0 radical (unpaired) electrons. The SMILES string of the molecule is CC(C)Nc1cc(O[C@@H]2C[C@@H](C(N)=O)N(C(=O)[C@@H](NC(=O)O[C@@H]3C[C@@H]4C[C@@H]4C3)C(C)(C)C)C2)c2ccc(OCCN3CCOCC3)c(Cl)c2n1. The fraction of sp³-hybridized carbons (Fsp3) is 0.667. The van der Waals surface area contributed by atoms with E-state index in [0.29, 0.717) is 64.9 Å². The molecule has 0 unspecified atom stereocenters. The van der Waals surface area contributed by atoms with Gasteiger partial charge in [-0.15, -0.1) is 0 Å². The van der Waals surface area contributed by atoms with Crippen LogP contribution in [0.4, 0.5) is 10.6 Å². The first kappa shape index (κ1) is 36.2. The van der Waals surface area contributed by atoms with Gasteiger partial charge in [-0.1, -0.05) is 32.4 Å². The van der Waals surface area contributed by atoms with Gasteiger partial charge >= 0.3 is 6.09 Å². The summed E-state index contributed by atoms with van der Waals surface area (Å²) < 4.78 is 23.8. The third-order valence-corrected chi connectivity index (χ3v) is 10.4. The van der Waals surface area contributed by atoms with Crippen LogP contribution >= 0.6 is 11.6 Å². The number of hydrogen-bond donors (Lipinski definition) is 3. The van der Waals surface area contributed by atoms with Gasteiger partial charge in [0.1, 0.15) is 53.2 Å². The first-order valence-corrected chi connectivity index (χ1v) is 18.2. The molecule has 0 bridgehead atoms. The van der Waals surface area contributed by atoms with E-state index >= 15 is 0 Å². The van der Waals surface area contributed by atoms with Gasteiger partial charge in [0, 0.05) is 43.5 Å². The van der Waals surface area contributed by atoms with E-state index in [-0.39, 0.29) is 25.1 Å². The van der Waals surface area contributed by atoms with E-state index in [1.54, 1.807) is 12.1 Å². The Morgan fingerprint density at radius 1 is 1.06 bits per heavy atom. The number of nitrogens with zero attached hydrogens (tertiary/aromatic N) is 3. The lowest BCUT2D eigenvalue weighted by atomic mass is 9.85. The molecule has 50 heavy (non-hydrogen) atoms. The van der Waals surface area contributed by atoms with E-state index in [9.17, 15) is 14.4 Å². The zero-order valence-corrected chi connectivity index (χ0v) is 30.5. The van der Waals surface area contributed by atoms with Crippen LogP contribution in [0.15, 0.2) is 18.2 Å². The van der Waals surface area contributed by atoms with Crippen LogP contribution in [0.25, 0.3) is 10.9 Å². The number of fused-ring (bicyclic) bond motifs is 2. The Morgan fingerprint density at radius 2 is 1.78 bits per heavy atom. The predicted octanol–water partition coefficient (Wildman–Crippen LogP) is 4.19. The maximum absolute atomic E-state index is 14.1. The second kappa shape index (κ2) is 15.0. The summed E-state index contributed by atoms with van der Waals surface area (Å²) in [6.45, 7) is 14.1. The molecule has 6 rings (SSSR count). The molecular formula is C36H51ClN6O7. The van der Waals surface area contributed by atoms with Gasteiger partial charge in [0.15, 0.2) is 0 Å². The molecule has 4 N–H and O–H groups in total. The topological polar surface area (TPSA) is 158 Å². The average Bonchev–Trinajstić information content (AvgIpc) is 3.43. The van der Waals surface area contributed by atoms with E-state index in [1.165, 1.54) is 11.3 Å². The highest BCUT2D eigenvalue weighted by Crippen LogP contribution is 2.52. The van der Waals surface area contributed by atoms with Gasteiger partial charge in [0.2, 0.25) is 11.8 Å². The number of alkyl carbamates (subject to hydrolysis) is 1. The van der Waals surface area contributed by atoms with Crippen molar-refractivity contribution >= 4 is 46.2 Å². The third-order valence-electron chi connectivity index (χ3n) is 10.1. The molecule has 6 atom stereocenters. The molecule has 2 aromatic rings. The number of hydrogen-bond acceptors (Lipinski definition) is 10. The molecule has 3 amide bonds.